The Morgan fingerprint density at radius 3 is 3.14 bits per heavy atom. The monoisotopic (exact) mass is 300 g/mol. The van der Waals surface area contributed by atoms with Crippen LogP contribution in [-0.2, 0) is 4.74 Å². The van der Waals surface area contributed by atoms with Gasteiger partial charge < -0.3 is 19.4 Å². The molecule has 2 aromatic rings. The second-order valence-electron chi connectivity index (χ2n) is 6.35. The number of imidazole rings is 1. The van der Waals surface area contributed by atoms with Gasteiger partial charge in [0.1, 0.15) is 5.65 Å². The van der Waals surface area contributed by atoms with Crippen LogP contribution >= 0.6 is 0 Å². The summed E-state index contributed by atoms with van der Waals surface area (Å²) >= 11 is 0. The van der Waals surface area contributed by atoms with E-state index in [2.05, 4.69) is 15.2 Å². The van der Waals surface area contributed by atoms with Gasteiger partial charge in [-0.2, -0.15) is 0 Å². The van der Waals surface area contributed by atoms with Crippen molar-refractivity contribution in [3.63, 3.8) is 0 Å². The fraction of sp³-hybridized carbons (Fsp3) is 0.500. The number of likely N-dealkylation sites (N-methyl/N-ethyl adjacent to an activating group) is 1. The first-order valence-corrected chi connectivity index (χ1v) is 7.67. The van der Waals surface area contributed by atoms with Gasteiger partial charge in [-0.3, -0.25) is 4.79 Å². The SMILES string of the molecule is CN(C)[C@@H]1[C@@H](NC(=O)c2ccc3nccn3c2)[C@H]2CCO[C@H]21. The summed E-state index contributed by atoms with van der Waals surface area (Å²) in [6.45, 7) is 0.799. The molecule has 2 aliphatic rings. The molecule has 1 N–H and O–H groups in total. The maximum atomic E-state index is 12.6. The minimum atomic E-state index is -0.0298. The molecule has 0 radical (unpaired) electrons. The van der Waals surface area contributed by atoms with Gasteiger partial charge in [-0.15, -0.1) is 0 Å². The number of pyridine rings is 1. The van der Waals surface area contributed by atoms with Crippen LogP contribution < -0.4 is 5.32 Å². The van der Waals surface area contributed by atoms with Crippen molar-refractivity contribution in [2.75, 3.05) is 20.7 Å². The van der Waals surface area contributed by atoms with Crippen LogP contribution in [0.15, 0.2) is 30.7 Å². The van der Waals surface area contributed by atoms with Gasteiger partial charge >= 0.3 is 0 Å². The predicted molar refractivity (Wildman–Crippen MR) is 81.8 cm³/mol. The minimum absolute atomic E-state index is 0.0298. The number of aromatic nitrogens is 2. The van der Waals surface area contributed by atoms with E-state index in [1.165, 1.54) is 0 Å². The number of fused-ring (bicyclic) bond motifs is 2. The van der Waals surface area contributed by atoms with E-state index in [1.54, 1.807) is 6.20 Å². The smallest absolute Gasteiger partial charge is 0.253 e. The van der Waals surface area contributed by atoms with E-state index >= 15 is 0 Å². The van der Waals surface area contributed by atoms with E-state index in [1.807, 2.05) is 43.0 Å². The van der Waals surface area contributed by atoms with Gasteiger partial charge in [-0.05, 0) is 32.6 Å². The van der Waals surface area contributed by atoms with Crippen molar-refractivity contribution < 1.29 is 9.53 Å². The summed E-state index contributed by atoms with van der Waals surface area (Å²) in [5, 5.41) is 3.20. The zero-order valence-electron chi connectivity index (χ0n) is 12.8. The molecule has 4 rings (SSSR count). The van der Waals surface area contributed by atoms with Crippen molar-refractivity contribution in [1.29, 1.82) is 0 Å². The molecule has 22 heavy (non-hydrogen) atoms. The Kier molecular flexibility index (Phi) is 3.16. The van der Waals surface area contributed by atoms with Gasteiger partial charge in [-0.1, -0.05) is 0 Å². The van der Waals surface area contributed by atoms with Crippen LogP contribution in [0.5, 0.6) is 0 Å². The molecule has 1 aliphatic heterocycles. The zero-order chi connectivity index (χ0) is 15.3. The highest BCUT2D eigenvalue weighted by atomic mass is 16.5. The van der Waals surface area contributed by atoms with Gasteiger partial charge in [0.2, 0.25) is 0 Å². The number of hydrogen-bond donors (Lipinski definition) is 1. The average molecular weight is 300 g/mol. The standard InChI is InChI=1S/C16H20N4O2/c1-19(2)14-13(11-5-8-22-15(11)14)18-16(21)10-3-4-12-17-6-7-20(12)9-10/h3-4,6-7,9,11,13-15H,5,8H2,1-2H3,(H,18,21)/t11-,13+,14-,15-/m1/s1. The van der Waals surface area contributed by atoms with Crippen molar-refractivity contribution in [3.8, 4) is 0 Å². The van der Waals surface area contributed by atoms with Gasteiger partial charge in [0.05, 0.1) is 23.8 Å². The molecule has 0 aromatic carbocycles. The predicted octanol–water partition coefficient (Wildman–Crippen LogP) is 0.782. The fourth-order valence-electron chi connectivity index (χ4n) is 3.77. The third-order valence-electron chi connectivity index (χ3n) is 4.89. The lowest BCUT2D eigenvalue weighted by Gasteiger charge is -2.50. The van der Waals surface area contributed by atoms with Crippen LogP contribution in [0.25, 0.3) is 5.65 Å². The van der Waals surface area contributed by atoms with E-state index < -0.39 is 0 Å². The molecule has 3 heterocycles. The first-order valence-electron chi connectivity index (χ1n) is 7.67. The van der Waals surface area contributed by atoms with Crippen molar-refractivity contribution in [1.82, 2.24) is 19.6 Å². The van der Waals surface area contributed by atoms with Crippen LogP contribution in [0.3, 0.4) is 0 Å². The molecule has 6 nitrogen and oxygen atoms in total. The highest BCUT2D eigenvalue weighted by Gasteiger charge is 2.55. The van der Waals surface area contributed by atoms with Crippen LogP contribution in [0.1, 0.15) is 16.8 Å². The molecule has 2 fully saturated rings. The lowest BCUT2D eigenvalue weighted by Crippen LogP contribution is -2.69. The molecule has 1 saturated heterocycles. The third-order valence-corrected chi connectivity index (χ3v) is 4.89. The topological polar surface area (TPSA) is 58.9 Å². The molecule has 116 valence electrons. The Hall–Kier alpha value is -1.92. The van der Waals surface area contributed by atoms with E-state index in [4.69, 9.17) is 4.74 Å². The van der Waals surface area contributed by atoms with Gasteiger partial charge in [0.15, 0.2) is 0 Å². The first-order chi connectivity index (χ1) is 10.6. The Morgan fingerprint density at radius 2 is 2.32 bits per heavy atom. The Balaban J connectivity index is 1.53. The summed E-state index contributed by atoms with van der Waals surface area (Å²) in [6, 6.07) is 4.10. The molecule has 1 aliphatic carbocycles. The molecular weight excluding hydrogens is 280 g/mol. The number of hydrogen-bond acceptors (Lipinski definition) is 4. The molecule has 1 saturated carbocycles. The van der Waals surface area contributed by atoms with Crippen molar-refractivity contribution >= 4 is 11.6 Å². The zero-order valence-corrected chi connectivity index (χ0v) is 12.8. The van der Waals surface area contributed by atoms with E-state index in [-0.39, 0.29) is 24.1 Å². The van der Waals surface area contributed by atoms with E-state index in [0.717, 1.165) is 18.7 Å². The van der Waals surface area contributed by atoms with Gasteiger partial charge in [0, 0.05) is 31.1 Å². The number of ether oxygens (including phenoxy) is 1. The Labute approximate surface area is 129 Å². The summed E-state index contributed by atoms with van der Waals surface area (Å²) in [4.78, 5) is 18.9. The number of nitrogens with one attached hydrogen (secondary N) is 1. The van der Waals surface area contributed by atoms with Crippen LogP contribution in [0.4, 0.5) is 0 Å². The van der Waals surface area contributed by atoms with Crippen LogP contribution in [-0.4, -0.2) is 59.1 Å². The largest absolute Gasteiger partial charge is 0.376 e. The number of amides is 1. The van der Waals surface area contributed by atoms with Crippen molar-refractivity contribution in [3.05, 3.63) is 36.3 Å². The summed E-state index contributed by atoms with van der Waals surface area (Å²) < 4.78 is 7.65. The molecule has 0 unspecified atom stereocenters. The number of carbonyl (C=O) groups is 1. The minimum Gasteiger partial charge on any atom is -0.376 e. The van der Waals surface area contributed by atoms with E-state index in [9.17, 15) is 4.79 Å². The molecule has 2 aromatic heterocycles. The first kappa shape index (κ1) is 13.7. The molecular formula is C16H20N4O2. The summed E-state index contributed by atoms with van der Waals surface area (Å²) in [6.07, 6.45) is 6.69. The molecule has 1 amide bonds. The summed E-state index contributed by atoms with van der Waals surface area (Å²) in [5.41, 5.74) is 1.50. The lowest BCUT2D eigenvalue weighted by molar-refractivity contribution is -0.0664. The molecule has 0 spiro atoms. The summed E-state index contributed by atoms with van der Waals surface area (Å²) in [5.74, 6) is 0.408. The normalized spacial score (nSPS) is 30.3. The van der Waals surface area contributed by atoms with Crippen LogP contribution in [0.2, 0.25) is 0 Å². The summed E-state index contributed by atoms with van der Waals surface area (Å²) in [7, 11) is 4.08. The highest BCUT2D eigenvalue weighted by molar-refractivity contribution is 5.94. The third kappa shape index (κ3) is 2.02. The fourth-order valence-corrected chi connectivity index (χ4v) is 3.77. The van der Waals surface area contributed by atoms with Gasteiger partial charge in [0.25, 0.3) is 5.91 Å². The van der Waals surface area contributed by atoms with E-state index in [0.29, 0.717) is 11.5 Å². The average Bonchev–Trinajstić information content (AvgIpc) is 3.10. The number of nitrogens with zero attached hydrogens (tertiary/aromatic N) is 3. The number of rotatable bonds is 3. The molecule has 6 heteroatoms. The van der Waals surface area contributed by atoms with Crippen LogP contribution in [0, 0.1) is 5.92 Å². The lowest BCUT2D eigenvalue weighted by atomic mass is 9.71. The number of carbonyl (C=O) groups excluding carboxylic acids is 1. The second kappa shape index (κ2) is 5.07. The van der Waals surface area contributed by atoms with Crippen molar-refractivity contribution in [2.24, 2.45) is 5.92 Å². The maximum absolute atomic E-state index is 12.6. The second-order valence-corrected chi connectivity index (χ2v) is 6.35. The van der Waals surface area contributed by atoms with Crippen molar-refractivity contribution in [2.45, 2.75) is 24.6 Å². The van der Waals surface area contributed by atoms with Gasteiger partial charge in [-0.25, -0.2) is 4.98 Å². The highest BCUT2D eigenvalue weighted by Crippen LogP contribution is 2.41. The quantitative estimate of drug-likeness (QED) is 0.910. The molecule has 4 atom stereocenters. The Bertz CT molecular complexity index is 711. The maximum Gasteiger partial charge on any atom is 0.253 e. The Morgan fingerprint density at radius 1 is 1.45 bits per heavy atom. The molecule has 0 bridgehead atoms.